The summed E-state index contributed by atoms with van der Waals surface area (Å²) in [6.45, 7) is 2.42. The summed E-state index contributed by atoms with van der Waals surface area (Å²) in [6, 6.07) is 65.0. The van der Waals surface area contributed by atoms with Crippen molar-refractivity contribution in [3.05, 3.63) is 228 Å². The van der Waals surface area contributed by atoms with Crippen LogP contribution in [0.3, 0.4) is 0 Å². The Hall–Kier alpha value is -10.8. The van der Waals surface area contributed by atoms with E-state index >= 15 is 0 Å². The van der Waals surface area contributed by atoms with Gasteiger partial charge < -0.3 is 38.5 Å². The van der Waals surface area contributed by atoms with Crippen LogP contribution >= 0.6 is 0 Å². The Balaban J connectivity index is 0.689. The average molecular weight is 1170 g/mol. The minimum atomic E-state index is -0.807. The smallest absolute Gasteiger partial charge is 0.343 e. The van der Waals surface area contributed by atoms with Gasteiger partial charge in [-0.3, -0.25) is 19.2 Å². The van der Waals surface area contributed by atoms with Crippen LogP contribution in [0.5, 0.6) is 23.0 Å². The zero-order chi connectivity index (χ0) is 61.2. The molecule has 1 amide bonds. The number of nitriles is 2. The molecule has 10 rings (SSSR count). The molecule has 1 aliphatic carbocycles. The zero-order valence-corrected chi connectivity index (χ0v) is 48.4. The van der Waals surface area contributed by atoms with Crippen molar-refractivity contribution < 1.29 is 57.1 Å². The minimum Gasteiger partial charge on any atom is -0.493 e. The Labute approximate surface area is 509 Å². The number of carbonyl (C=O) groups is 5. The molecule has 15 nitrogen and oxygen atoms in total. The Bertz CT molecular complexity index is 3840. The van der Waals surface area contributed by atoms with Gasteiger partial charge in [0.1, 0.15) is 36.2 Å². The van der Waals surface area contributed by atoms with Crippen LogP contribution in [-0.2, 0) is 28.6 Å². The van der Waals surface area contributed by atoms with Crippen LogP contribution in [0.4, 0.5) is 0 Å². The first-order valence-electron chi connectivity index (χ1n) is 29.2. The number of benzene rings is 9. The second kappa shape index (κ2) is 29.4. The summed E-state index contributed by atoms with van der Waals surface area (Å²) >= 11 is 0. The first kappa shape index (κ1) is 60.4. The van der Waals surface area contributed by atoms with Gasteiger partial charge in [0.05, 0.1) is 79.1 Å². The fourth-order valence-electron chi connectivity index (χ4n) is 10.5. The summed E-state index contributed by atoms with van der Waals surface area (Å²) in [5.74, 6) is -2.89. The highest BCUT2D eigenvalue weighted by atomic mass is 16.6. The first-order valence-corrected chi connectivity index (χ1v) is 29.2. The third-order valence-electron chi connectivity index (χ3n) is 15.3. The molecule has 1 fully saturated rings. The van der Waals surface area contributed by atoms with E-state index < -0.39 is 41.6 Å². The van der Waals surface area contributed by atoms with Crippen molar-refractivity contribution in [2.75, 3.05) is 39.6 Å². The van der Waals surface area contributed by atoms with E-state index in [9.17, 15) is 24.0 Å². The lowest BCUT2D eigenvalue weighted by atomic mass is 9.75. The second-order valence-electron chi connectivity index (χ2n) is 21.4. The van der Waals surface area contributed by atoms with Crippen LogP contribution in [0.1, 0.15) is 82.5 Å². The van der Waals surface area contributed by atoms with E-state index in [1.54, 1.807) is 72.8 Å². The number of carbonyl (C=O) groups excluding carboxylic acids is 5. The molecule has 0 heterocycles. The van der Waals surface area contributed by atoms with E-state index in [1.165, 1.54) is 0 Å². The van der Waals surface area contributed by atoms with Gasteiger partial charge in [-0.15, -0.1) is 0 Å². The summed E-state index contributed by atoms with van der Waals surface area (Å²) in [7, 11) is 0. The van der Waals surface area contributed by atoms with Crippen LogP contribution in [0.25, 0.3) is 43.8 Å². The van der Waals surface area contributed by atoms with E-state index in [0.717, 1.165) is 49.4 Å². The summed E-state index contributed by atoms with van der Waals surface area (Å²) in [4.78, 5) is 66.9. The highest BCUT2D eigenvalue weighted by Gasteiger charge is 2.41. The van der Waals surface area contributed by atoms with Gasteiger partial charge >= 0.3 is 23.9 Å². The van der Waals surface area contributed by atoms with E-state index in [-0.39, 0.29) is 82.2 Å². The third kappa shape index (κ3) is 16.1. The molecule has 88 heavy (non-hydrogen) atoms. The topological polar surface area (TPSA) is 210 Å². The molecular weight excluding hydrogens is 1110 g/mol. The number of nitrogens with one attached hydrogen (secondary N) is 1. The van der Waals surface area contributed by atoms with Gasteiger partial charge in [-0.25, -0.2) is 4.79 Å². The Morgan fingerprint density at radius 3 is 1.33 bits per heavy atom. The maximum Gasteiger partial charge on any atom is 0.343 e. The zero-order valence-electron chi connectivity index (χ0n) is 48.4. The highest BCUT2D eigenvalue weighted by molar-refractivity contribution is 5.95. The van der Waals surface area contributed by atoms with Crippen LogP contribution in [0.15, 0.2) is 200 Å². The van der Waals surface area contributed by atoms with Gasteiger partial charge in [-0.05, 0) is 185 Å². The Morgan fingerprint density at radius 2 is 0.841 bits per heavy atom. The minimum absolute atomic E-state index is 0.0204. The molecule has 3 atom stereocenters. The molecule has 0 radical (unpaired) electrons. The molecule has 1 saturated carbocycles. The Kier molecular flexibility index (Phi) is 20.1. The molecular formula is C73H63N3O12. The normalized spacial score (nSPS) is 14.7. The number of hydrogen-bond donors (Lipinski definition) is 1. The molecule has 0 aliphatic heterocycles. The van der Waals surface area contributed by atoms with Gasteiger partial charge in [0.15, 0.2) is 0 Å². The van der Waals surface area contributed by atoms with E-state index in [2.05, 4.69) is 29.6 Å². The van der Waals surface area contributed by atoms with Crippen molar-refractivity contribution >= 4 is 51.3 Å². The molecule has 9 aromatic carbocycles. The fraction of sp³-hybridized carbons (Fsp3) is 0.219. The summed E-state index contributed by atoms with van der Waals surface area (Å²) < 4.78 is 40.6. The van der Waals surface area contributed by atoms with E-state index in [0.29, 0.717) is 46.8 Å². The lowest BCUT2D eigenvalue weighted by Gasteiger charge is -2.31. The number of fused-ring (bicyclic) bond motifs is 2. The van der Waals surface area contributed by atoms with Crippen LogP contribution < -0.4 is 24.3 Å². The van der Waals surface area contributed by atoms with Gasteiger partial charge in [0, 0.05) is 18.4 Å². The van der Waals surface area contributed by atoms with Gasteiger partial charge in [0.25, 0.3) is 5.91 Å². The number of ether oxygens (including phenoxy) is 7. The van der Waals surface area contributed by atoms with Crippen molar-refractivity contribution in [1.29, 1.82) is 10.5 Å². The van der Waals surface area contributed by atoms with Crippen molar-refractivity contribution in [3.8, 4) is 57.4 Å². The monoisotopic (exact) mass is 1170 g/mol. The van der Waals surface area contributed by atoms with Gasteiger partial charge in [-0.1, -0.05) is 91.0 Å². The van der Waals surface area contributed by atoms with Crippen molar-refractivity contribution in [2.45, 2.75) is 45.1 Å². The average Bonchev–Trinajstić information content (AvgIpc) is 2.25. The van der Waals surface area contributed by atoms with Gasteiger partial charge in [-0.2, -0.15) is 10.5 Å². The van der Waals surface area contributed by atoms with Crippen LogP contribution in [0, 0.1) is 40.4 Å². The molecule has 0 spiro atoms. The highest BCUT2D eigenvalue weighted by Crippen LogP contribution is 2.37. The van der Waals surface area contributed by atoms with E-state index in [1.807, 2.05) is 122 Å². The number of amides is 1. The molecule has 0 aromatic heterocycles. The number of rotatable bonds is 24. The molecule has 442 valence electrons. The number of esters is 4. The standard InChI is InChI=1S/C73H63N3O12/c1-48(51-7-3-2-4-8-51)76-69(77)54-21-29-66(30-22-54)88-73(81)55-23-27-65(28-24-55)84-37-38-87-72(80)64-42-62(70(78)85-35-5-33-82-67-31-25-58-39-56(17-19-60(58)44-67)52-13-9-49(46-74)10-14-52)41-63(43-64)71(79)86-36-6-34-83-68-32-26-59-40-57(18-20-61(59)45-68)53-15-11-50(47-75)12-16-53/h2-4,7-32,39-40,44-45,48,62-64H,5-6,33-38,41-43H2,1H3,(H,76,77)/t48-,62+,63+/m1/s1. The van der Waals surface area contributed by atoms with Crippen molar-refractivity contribution in [1.82, 2.24) is 5.32 Å². The largest absolute Gasteiger partial charge is 0.493 e. The van der Waals surface area contributed by atoms with Crippen LogP contribution in [-0.4, -0.2) is 69.4 Å². The summed E-state index contributed by atoms with van der Waals surface area (Å²) in [5.41, 5.74) is 6.93. The predicted molar refractivity (Wildman–Crippen MR) is 331 cm³/mol. The number of hydrogen-bond acceptors (Lipinski definition) is 14. The van der Waals surface area contributed by atoms with Crippen LogP contribution in [0.2, 0.25) is 0 Å². The lowest BCUT2D eigenvalue weighted by molar-refractivity contribution is -0.161. The molecule has 0 bridgehead atoms. The first-order chi connectivity index (χ1) is 42.9. The van der Waals surface area contributed by atoms with Crippen molar-refractivity contribution in [2.24, 2.45) is 17.8 Å². The van der Waals surface area contributed by atoms with E-state index in [4.69, 9.17) is 43.7 Å². The Morgan fingerprint density at radius 1 is 0.432 bits per heavy atom. The lowest BCUT2D eigenvalue weighted by Crippen LogP contribution is -2.37. The second-order valence-corrected chi connectivity index (χ2v) is 21.4. The quantitative estimate of drug-likeness (QED) is 0.0258. The predicted octanol–water partition coefficient (Wildman–Crippen LogP) is 13.8. The number of nitrogens with zero attached hydrogens (tertiary/aromatic N) is 2. The van der Waals surface area contributed by atoms with Gasteiger partial charge in [0.2, 0.25) is 0 Å². The molecule has 0 unspecified atom stereocenters. The summed E-state index contributed by atoms with van der Waals surface area (Å²) in [6.07, 6.45) is 1.16. The molecule has 9 aromatic rings. The fourth-order valence-corrected chi connectivity index (χ4v) is 10.5. The third-order valence-corrected chi connectivity index (χ3v) is 15.3. The molecule has 1 N–H and O–H groups in total. The maximum atomic E-state index is 13.7. The summed E-state index contributed by atoms with van der Waals surface area (Å²) in [5, 5.41) is 25.3. The maximum absolute atomic E-state index is 13.7. The molecule has 1 aliphatic rings. The van der Waals surface area contributed by atoms with Crippen molar-refractivity contribution in [3.63, 3.8) is 0 Å². The molecule has 15 heteroatoms. The SMILES string of the molecule is C[C@@H](NC(=O)c1ccc(OC(=O)c2ccc(OCCOC(=O)C3C[C@@H](C(=O)OCCCOc4ccc5cc(-c6ccc(C#N)cc6)ccc5c4)C[C@H](C(=O)OCCCOc4ccc5cc(-c6ccc(C#N)cc6)ccc5c4)C3)cc2)cc1)c1ccccc1. The molecule has 0 saturated heterocycles.